The molecule has 106 valence electrons. The van der Waals surface area contributed by atoms with E-state index in [0.717, 1.165) is 5.56 Å². The number of para-hydroxylation sites is 1. The fourth-order valence-electron chi connectivity index (χ4n) is 1.91. The van der Waals surface area contributed by atoms with E-state index in [2.05, 4.69) is 0 Å². The lowest BCUT2D eigenvalue weighted by molar-refractivity contribution is 0.404. The van der Waals surface area contributed by atoms with Gasteiger partial charge in [-0.15, -0.1) is 0 Å². The molecule has 1 atom stereocenters. The maximum atomic E-state index is 12.4. The summed E-state index contributed by atoms with van der Waals surface area (Å²) in [6, 6.07) is 12.7. The summed E-state index contributed by atoms with van der Waals surface area (Å²) in [7, 11) is 1.95. The Hall–Kier alpha value is -2.01. The topological polar surface area (TPSA) is 61.5 Å². The van der Waals surface area contributed by atoms with E-state index in [1.165, 1.54) is 0 Å². The van der Waals surface area contributed by atoms with E-state index in [9.17, 15) is 4.21 Å². The van der Waals surface area contributed by atoms with E-state index in [1.54, 1.807) is 32.4 Å². The smallest absolute Gasteiger partial charge is 0.141 e. The number of ether oxygens (including phenoxy) is 2. The van der Waals surface area contributed by atoms with Gasteiger partial charge < -0.3 is 15.2 Å². The standard InChI is InChI=1S/C15H17NO3S/c1-18-13-8-7-11(9-12(13)16)10-20(17)15-6-4-3-5-14(15)19-2/h3-9H,10,16H2,1-2H3. The summed E-state index contributed by atoms with van der Waals surface area (Å²) in [5.41, 5.74) is 7.29. The predicted molar refractivity (Wildman–Crippen MR) is 80.5 cm³/mol. The average Bonchev–Trinajstić information content (AvgIpc) is 2.47. The Morgan fingerprint density at radius 3 is 2.40 bits per heavy atom. The van der Waals surface area contributed by atoms with Crippen molar-refractivity contribution in [3.05, 3.63) is 48.0 Å². The van der Waals surface area contributed by atoms with Crippen molar-refractivity contribution in [2.24, 2.45) is 0 Å². The summed E-state index contributed by atoms with van der Waals surface area (Å²) in [6.45, 7) is 0. The highest BCUT2D eigenvalue weighted by molar-refractivity contribution is 7.84. The molecule has 0 aromatic heterocycles. The minimum atomic E-state index is -1.18. The monoisotopic (exact) mass is 291 g/mol. The number of hydrogen-bond acceptors (Lipinski definition) is 4. The van der Waals surface area contributed by atoms with Crippen molar-refractivity contribution in [2.45, 2.75) is 10.6 Å². The van der Waals surface area contributed by atoms with Gasteiger partial charge in [0.2, 0.25) is 0 Å². The molecule has 0 saturated heterocycles. The Bertz CT molecular complexity index is 628. The molecule has 2 aromatic rings. The quantitative estimate of drug-likeness (QED) is 0.860. The fraction of sp³-hybridized carbons (Fsp3) is 0.200. The molecule has 2 aromatic carbocycles. The Kier molecular flexibility index (Phi) is 4.63. The van der Waals surface area contributed by atoms with Crippen LogP contribution in [0.15, 0.2) is 47.4 Å². The van der Waals surface area contributed by atoms with Crippen molar-refractivity contribution < 1.29 is 13.7 Å². The Morgan fingerprint density at radius 2 is 1.75 bits per heavy atom. The Morgan fingerprint density at radius 1 is 1.05 bits per heavy atom. The van der Waals surface area contributed by atoms with Crippen LogP contribution in [0.1, 0.15) is 5.56 Å². The first-order valence-electron chi connectivity index (χ1n) is 6.09. The van der Waals surface area contributed by atoms with Crippen LogP contribution < -0.4 is 15.2 Å². The lowest BCUT2D eigenvalue weighted by Crippen LogP contribution is -2.01. The van der Waals surface area contributed by atoms with E-state index >= 15 is 0 Å². The van der Waals surface area contributed by atoms with Crippen molar-refractivity contribution in [3.63, 3.8) is 0 Å². The highest BCUT2D eigenvalue weighted by atomic mass is 32.2. The van der Waals surface area contributed by atoms with Gasteiger partial charge in [-0.3, -0.25) is 4.21 Å². The van der Waals surface area contributed by atoms with Crippen LogP contribution in [0, 0.1) is 0 Å². The van der Waals surface area contributed by atoms with Crippen molar-refractivity contribution in [2.75, 3.05) is 20.0 Å². The molecule has 4 nitrogen and oxygen atoms in total. The van der Waals surface area contributed by atoms with Crippen LogP contribution in [-0.4, -0.2) is 18.4 Å². The van der Waals surface area contributed by atoms with Gasteiger partial charge in [0.1, 0.15) is 11.5 Å². The van der Waals surface area contributed by atoms with Crippen LogP contribution in [0.3, 0.4) is 0 Å². The zero-order valence-electron chi connectivity index (χ0n) is 11.5. The van der Waals surface area contributed by atoms with Gasteiger partial charge in [0, 0.05) is 0 Å². The Labute approximate surface area is 121 Å². The highest BCUT2D eigenvalue weighted by Gasteiger charge is 2.11. The third-order valence-electron chi connectivity index (χ3n) is 2.91. The molecule has 0 saturated carbocycles. The summed E-state index contributed by atoms with van der Waals surface area (Å²) >= 11 is 0. The van der Waals surface area contributed by atoms with Crippen molar-refractivity contribution in [1.82, 2.24) is 0 Å². The summed E-state index contributed by atoms with van der Waals surface area (Å²) in [5, 5.41) is 0. The zero-order chi connectivity index (χ0) is 14.5. The lowest BCUT2D eigenvalue weighted by atomic mass is 10.2. The van der Waals surface area contributed by atoms with E-state index in [-0.39, 0.29) is 0 Å². The fourth-order valence-corrected chi connectivity index (χ4v) is 3.15. The molecule has 0 radical (unpaired) electrons. The SMILES string of the molecule is COc1ccc(CS(=O)c2ccccc2OC)cc1N. The second kappa shape index (κ2) is 6.43. The molecular weight excluding hydrogens is 274 g/mol. The van der Waals surface area contributed by atoms with Crippen molar-refractivity contribution in [1.29, 1.82) is 0 Å². The third kappa shape index (κ3) is 3.11. The van der Waals surface area contributed by atoms with Gasteiger partial charge in [-0.05, 0) is 29.8 Å². The molecule has 0 heterocycles. The second-order valence-corrected chi connectivity index (χ2v) is 5.64. The van der Waals surface area contributed by atoms with Gasteiger partial charge in [-0.1, -0.05) is 18.2 Å². The molecule has 0 bridgehead atoms. The first kappa shape index (κ1) is 14.4. The average molecular weight is 291 g/mol. The minimum absolute atomic E-state index is 0.383. The molecule has 1 unspecified atom stereocenters. The predicted octanol–water partition coefficient (Wildman–Crippen LogP) is 2.59. The molecule has 0 spiro atoms. The first-order chi connectivity index (χ1) is 9.65. The number of methoxy groups -OCH3 is 2. The minimum Gasteiger partial charge on any atom is -0.495 e. The van der Waals surface area contributed by atoms with Gasteiger partial charge in [-0.2, -0.15) is 0 Å². The van der Waals surface area contributed by atoms with Crippen molar-refractivity contribution >= 4 is 16.5 Å². The van der Waals surface area contributed by atoms with Gasteiger partial charge >= 0.3 is 0 Å². The molecule has 0 fully saturated rings. The molecule has 20 heavy (non-hydrogen) atoms. The maximum Gasteiger partial charge on any atom is 0.141 e. The van der Waals surface area contributed by atoms with Crippen LogP contribution in [0.25, 0.3) is 0 Å². The molecule has 0 aliphatic heterocycles. The first-order valence-corrected chi connectivity index (χ1v) is 7.41. The largest absolute Gasteiger partial charge is 0.495 e. The summed E-state index contributed by atoms with van der Waals surface area (Å²) in [5.74, 6) is 1.64. The van der Waals surface area contributed by atoms with Crippen LogP contribution in [-0.2, 0) is 16.6 Å². The number of anilines is 1. The van der Waals surface area contributed by atoms with Crippen LogP contribution in [0.4, 0.5) is 5.69 Å². The van der Waals surface area contributed by atoms with Crippen molar-refractivity contribution in [3.8, 4) is 11.5 Å². The number of nitrogens with two attached hydrogens (primary N) is 1. The van der Waals surface area contributed by atoms with Gasteiger partial charge in [0.25, 0.3) is 0 Å². The van der Waals surface area contributed by atoms with Gasteiger partial charge in [-0.25, -0.2) is 0 Å². The number of hydrogen-bond donors (Lipinski definition) is 1. The highest BCUT2D eigenvalue weighted by Crippen LogP contribution is 2.26. The van der Waals surface area contributed by atoms with Crippen LogP contribution >= 0.6 is 0 Å². The molecule has 0 amide bonds. The third-order valence-corrected chi connectivity index (χ3v) is 4.33. The van der Waals surface area contributed by atoms with E-state index in [0.29, 0.717) is 27.8 Å². The van der Waals surface area contributed by atoms with Crippen LogP contribution in [0.5, 0.6) is 11.5 Å². The molecule has 2 N–H and O–H groups in total. The van der Waals surface area contributed by atoms with E-state index in [1.807, 2.05) is 24.3 Å². The molecular formula is C15H17NO3S. The molecule has 2 rings (SSSR count). The van der Waals surface area contributed by atoms with Gasteiger partial charge in [0.15, 0.2) is 0 Å². The number of rotatable bonds is 5. The normalized spacial score (nSPS) is 11.9. The molecule has 5 heteroatoms. The Balaban J connectivity index is 2.21. The van der Waals surface area contributed by atoms with E-state index < -0.39 is 10.8 Å². The number of benzene rings is 2. The molecule has 0 aliphatic carbocycles. The zero-order valence-corrected chi connectivity index (χ0v) is 12.3. The van der Waals surface area contributed by atoms with E-state index in [4.69, 9.17) is 15.2 Å². The van der Waals surface area contributed by atoms with Crippen LogP contribution in [0.2, 0.25) is 0 Å². The lowest BCUT2D eigenvalue weighted by Gasteiger charge is -2.09. The maximum absolute atomic E-state index is 12.4. The molecule has 0 aliphatic rings. The summed E-state index contributed by atoms with van der Waals surface area (Å²) in [6.07, 6.45) is 0. The second-order valence-electron chi connectivity index (χ2n) is 4.22. The van der Waals surface area contributed by atoms with Gasteiger partial charge in [0.05, 0.1) is 41.4 Å². The summed E-state index contributed by atoms with van der Waals surface area (Å²) in [4.78, 5) is 0.685. The summed E-state index contributed by atoms with van der Waals surface area (Å²) < 4.78 is 22.8. The number of nitrogen functional groups attached to an aromatic ring is 1.